The van der Waals surface area contributed by atoms with E-state index in [4.69, 9.17) is 0 Å². The molecular weight excluding hydrogens is 328 g/mol. The van der Waals surface area contributed by atoms with Crippen molar-refractivity contribution in [2.75, 3.05) is 19.6 Å². The van der Waals surface area contributed by atoms with Gasteiger partial charge in [0, 0.05) is 18.2 Å². The van der Waals surface area contributed by atoms with Gasteiger partial charge in [-0.05, 0) is 25.1 Å². The monoisotopic (exact) mass is 344 g/mol. The Balaban J connectivity index is 0.00000176. The van der Waals surface area contributed by atoms with Gasteiger partial charge in [0.15, 0.2) is 0 Å². The minimum atomic E-state index is -3.55. The van der Waals surface area contributed by atoms with Crippen LogP contribution in [0.25, 0.3) is 0 Å². The fourth-order valence-corrected chi connectivity index (χ4v) is 3.70. The number of nitrogens with zero attached hydrogens (tertiary/aromatic N) is 1. The normalized spacial score (nSPS) is 23.5. The van der Waals surface area contributed by atoms with Gasteiger partial charge >= 0.3 is 0 Å². The van der Waals surface area contributed by atoms with Gasteiger partial charge in [0.1, 0.15) is 12.4 Å². The number of aliphatic imine (C=N–C) groups is 1. The van der Waals surface area contributed by atoms with E-state index in [1.54, 1.807) is 18.2 Å². The van der Waals surface area contributed by atoms with Crippen LogP contribution in [-0.2, 0) is 14.8 Å². The number of fused-ring (bicyclic) bond motifs is 1. The lowest BCUT2D eigenvalue weighted by Gasteiger charge is -2.09. The number of hydrogen-bond donors (Lipinski definition) is 3. The van der Waals surface area contributed by atoms with Gasteiger partial charge in [-0.1, -0.05) is 12.1 Å². The maximum Gasteiger partial charge on any atom is 0.263 e. The molecule has 1 unspecified atom stereocenters. The molecule has 2 heterocycles. The Bertz CT molecular complexity index is 699. The first-order valence-electron chi connectivity index (χ1n) is 6.73. The zero-order valence-corrected chi connectivity index (χ0v) is 13.3. The molecule has 22 heavy (non-hydrogen) atoms. The molecule has 0 bridgehead atoms. The summed E-state index contributed by atoms with van der Waals surface area (Å²) in [5.41, 5.74) is 0.507. The molecule has 1 aromatic rings. The van der Waals surface area contributed by atoms with E-state index in [2.05, 4.69) is 20.3 Å². The van der Waals surface area contributed by atoms with Crippen LogP contribution in [0.15, 0.2) is 34.2 Å². The molecule has 0 aromatic heterocycles. The summed E-state index contributed by atoms with van der Waals surface area (Å²) in [6.45, 7) is 1.56. The number of amidine groups is 1. The molecule has 2 aliphatic rings. The second kappa shape index (κ2) is 6.64. The number of sulfonamides is 1. The van der Waals surface area contributed by atoms with Crippen LogP contribution in [0.2, 0.25) is 0 Å². The van der Waals surface area contributed by atoms with Crippen LogP contribution in [-0.4, -0.2) is 45.8 Å². The van der Waals surface area contributed by atoms with E-state index in [1.165, 1.54) is 6.07 Å². The third-order valence-corrected chi connectivity index (χ3v) is 4.87. The molecule has 1 amide bonds. The third-order valence-electron chi connectivity index (χ3n) is 3.47. The summed E-state index contributed by atoms with van der Waals surface area (Å²) < 4.78 is 26.1. The van der Waals surface area contributed by atoms with Crippen molar-refractivity contribution in [3.05, 3.63) is 29.8 Å². The summed E-state index contributed by atoms with van der Waals surface area (Å²) >= 11 is 0. The van der Waals surface area contributed by atoms with Gasteiger partial charge in [-0.2, -0.15) is 0 Å². The molecule has 1 saturated heterocycles. The molecule has 1 aromatic carbocycles. The second-order valence-corrected chi connectivity index (χ2v) is 6.67. The highest BCUT2D eigenvalue weighted by Crippen LogP contribution is 2.21. The quantitative estimate of drug-likeness (QED) is 0.696. The molecule has 2 aliphatic heterocycles. The highest BCUT2D eigenvalue weighted by Gasteiger charge is 2.30. The zero-order chi connectivity index (χ0) is 14.9. The van der Waals surface area contributed by atoms with E-state index in [1.807, 2.05) is 0 Å². The van der Waals surface area contributed by atoms with E-state index < -0.39 is 10.0 Å². The molecule has 1 atom stereocenters. The van der Waals surface area contributed by atoms with E-state index >= 15 is 0 Å². The first-order valence-corrected chi connectivity index (χ1v) is 8.21. The van der Waals surface area contributed by atoms with Crippen molar-refractivity contribution < 1.29 is 13.2 Å². The molecule has 0 spiro atoms. The van der Waals surface area contributed by atoms with Gasteiger partial charge in [-0.3, -0.25) is 14.5 Å². The molecule has 1 fully saturated rings. The van der Waals surface area contributed by atoms with Crippen LogP contribution in [0.1, 0.15) is 12.0 Å². The van der Waals surface area contributed by atoms with Gasteiger partial charge in [-0.25, -0.2) is 8.42 Å². The summed E-state index contributed by atoms with van der Waals surface area (Å²) in [6, 6.07) is 6.71. The van der Waals surface area contributed by atoms with Crippen LogP contribution < -0.4 is 15.4 Å². The lowest BCUT2D eigenvalue weighted by atomic mass is 10.2. The topological polar surface area (TPSA) is 99.7 Å². The summed E-state index contributed by atoms with van der Waals surface area (Å²) in [4.78, 5) is 16.1. The largest absolute Gasteiger partial charge is 0.350 e. The number of nitrogens with one attached hydrogen (secondary N) is 3. The van der Waals surface area contributed by atoms with Crippen molar-refractivity contribution in [3.63, 3.8) is 0 Å². The minimum Gasteiger partial charge on any atom is -0.350 e. The Morgan fingerprint density at radius 3 is 2.86 bits per heavy atom. The number of rotatable bonds is 3. The lowest BCUT2D eigenvalue weighted by molar-refractivity contribution is -0.120. The Kier molecular flexibility index (Phi) is 5.05. The van der Waals surface area contributed by atoms with Crippen LogP contribution in [0.4, 0.5) is 0 Å². The first-order chi connectivity index (χ1) is 10.1. The molecule has 0 radical (unpaired) electrons. The SMILES string of the molecule is Cl.O=C(CN=C1NS(=O)(=O)c2ccccc21)NC1CCNC1. The molecule has 9 heteroatoms. The number of carbonyl (C=O) groups is 1. The molecule has 0 aliphatic carbocycles. The second-order valence-electron chi connectivity index (χ2n) is 5.02. The van der Waals surface area contributed by atoms with Gasteiger partial charge in [0.05, 0.1) is 4.90 Å². The Labute approximate surface area is 135 Å². The van der Waals surface area contributed by atoms with Crippen LogP contribution in [0.3, 0.4) is 0 Å². The van der Waals surface area contributed by atoms with Crippen LogP contribution in [0, 0.1) is 0 Å². The molecule has 0 saturated carbocycles. The van der Waals surface area contributed by atoms with Crippen LogP contribution in [0.5, 0.6) is 0 Å². The molecule has 3 rings (SSSR count). The van der Waals surface area contributed by atoms with E-state index in [0.717, 1.165) is 19.5 Å². The maximum atomic E-state index is 11.9. The average molecular weight is 345 g/mol. The highest BCUT2D eigenvalue weighted by molar-refractivity contribution is 7.90. The summed E-state index contributed by atoms with van der Waals surface area (Å²) in [6.07, 6.45) is 0.901. The lowest BCUT2D eigenvalue weighted by Crippen LogP contribution is -2.38. The summed E-state index contributed by atoms with van der Waals surface area (Å²) in [5.74, 6) is 0.0186. The zero-order valence-electron chi connectivity index (χ0n) is 11.7. The predicted octanol–water partition coefficient (Wildman–Crippen LogP) is -0.375. The van der Waals surface area contributed by atoms with E-state index in [9.17, 15) is 13.2 Å². The Morgan fingerprint density at radius 2 is 2.14 bits per heavy atom. The van der Waals surface area contributed by atoms with E-state index in [0.29, 0.717) is 5.56 Å². The Hall–Kier alpha value is -1.64. The number of halogens is 1. The third kappa shape index (κ3) is 3.40. The standard InChI is InChI=1S/C13H16N4O3S.ClH/c18-12(16-9-5-6-14-7-9)8-15-13-10-3-1-2-4-11(10)21(19,20)17-13;/h1-4,9,14H,5-8H2,(H,15,17)(H,16,18);1H. The number of hydrogen-bond acceptors (Lipinski definition) is 5. The average Bonchev–Trinajstić information content (AvgIpc) is 3.04. The first kappa shape index (κ1) is 16.7. The molecule has 120 valence electrons. The smallest absolute Gasteiger partial charge is 0.263 e. The van der Waals surface area contributed by atoms with Gasteiger partial charge in [-0.15, -0.1) is 12.4 Å². The van der Waals surface area contributed by atoms with Crippen molar-refractivity contribution >= 4 is 34.2 Å². The summed E-state index contributed by atoms with van der Waals surface area (Å²) in [7, 11) is -3.55. The van der Waals surface area contributed by atoms with Gasteiger partial charge in [0.2, 0.25) is 5.91 Å². The Morgan fingerprint density at radius 1 is 1.36 bits per heavy atom. The van der Waals surface area contributed by atoms with E-state index in [-0.39, 0.29) is 41.6 Å². The van der Waals surface area contributed by atoms with Crippen LogP contribution >= 0.6 is 12.4 Å². The summed E-state index contributed by atoms with van der Waals surface area (Å²) in [5, 5.41) is 6.02. The van der Waals surface area contributed by atoms with Crippen molar-refractivity contribution in [1.82, 2.24) is 15.4 Å². The minimum absolute atomic E-state index is 0. The predicted molar refractivity (Wildman–Crippen MR) is 84.8 cm³/mol. The van der Waals surface area contributed by atoms with Crippen molar-refractivity contribution in [2.45, 2.75) is 17.4 Å². The molecule has 3 N–H and O–H groups in total. The van der Waals surface area contributed by atoms with Crippen molar-refractivity contribution in [3.8, 4) is 0 Å². The number of benzene rings is 1. The van der Waals surface area contributed by atoms with Gasteiger partial charge in [0.25, 0.3) is 10.0 Å². The van der Waals surface area contributed by atoms with Crippen molar-refractivity contribution in [1.29, 1.82) is 0 Å². The number of amides is 1. The fourth-order valence-electron chi connectivity index (χ4n) is 2.45. The molecule has 7 nitrogen and oxygen atoms in total. The highest BCUT2D eigenvalue weighted by atomic mass is 35.5. The maximum absolute atomic E-state index is 11.9. The van der Waals surface area contributed by atoms with Crippen molar-refractivity contribution in [2.24, 2.45) is 4.99 Å². The number of carbonyl (C=O) groups excluding carboxylic acids is 1. The molecular formula is C13H17ClN4O3S. The fraction of sp³-hybridized carbons (Fsp3) is 0.385. The van der Waals surface area contributed by atoms with Gasteiger partial charge < -0.3 is 10.6 Å².